The molecule has 29 heavy (non-hydrogen) atoms. The summed E-state index contributed by atoms with van der Waals surface area (Å²) in [5.74, 6) is -1.06. The van der Waals surface area contributed by atoms with Gasteiger partial charge in [0.15, 0.2) is 11.5 Å². The average molecular weight is 391 g/mol. The summed E-state index contributed by atoms with van der Waals surface area (Å²) < 4.78 is 0. The van der Waals surface area contributed by atoms with E-state index in [9.17, 15) is 14.7 Å². The van der Waals surface area contributed by atoms with E-state index in [2.05, 4.69) is 32.2 Å². The summed E-state index contributed by atoms with van der Waals surface area (Å²) >= 11 is 0. The number of allylic oxidation sites excluding steroid dienone is 4. The highest BCUT2D eigenvalue weighted by Crippen LogP contribution is 2.28. The Labute approximate surface area is 167 Å². The van der Waals surface area contributed by atoms with E-state index < -0.39 is 11.9 Å². The molecule has 8 heteroatoms. The fourth-order valence-corrected chi connectivity index (χ4v) is 3.45. The minimum atomic E-state index is -1.11. The Morgan fingerprint density at radius 3 is 2.72 bits per heavy atom. The zero-order valence-electron chi connectivity index (χ0n) is 16.0. The van der Waals surface area contributed by atoms with Crippen molar-refractivity contribution < 1.29 is 14.7 Å². The molecule has 1 fully saturated rings. The minimum absolute atomic E-state index is 0.0222. The third-order valence-corrected chi connectivity index (χ3v) is 4.93. The van der Waals surface area contributed by atoms with Gasteiger partial charge in [-0.15, -0.1) is 10.2 Å². The van der Waals surface area contributed by atoms with Gasteiger partial charge in [0.05, 0.1) is 11.3 Å². The van der Waals surface area contributed by atoms with Gasteiger partial charge in [-0.1, -0.05) is 12.1 Å². The maximum atomic E-state index is 12.5. The van der Waals surface area contributed by atoms with E-state index in [-0.39, 0.29) is 16.9 Å². The molecule has 0 radical (unpaired) electrons. The van der Waals surface area contributed by atoms with Crippen LogP contribution in [0.25, 0.3) is 0 Å². The number of fused-ring (bicyclic) bond motifs is 2. The number of nitrogens with one attached hydrogen (secondary N) is 3. The van der Waals surface area contributed by atoms with Crippen molar-refractivity contribution in [2.45, 2.75) is 32.6 Å². The molecule has 0 spiro atoms. The predicted molar refractivity (Wildman–Crippen MR) is 108 cm³/mol. The van der Waals surface area contributed by atoms with E-state index in [0.29, 0.717) is 5.82 Å². The minimum Gasteiger partial charge on any atom is -0.478 e. The molecule has 2 aliphatic heterocycles. The molecule has 1 aromatic carbocycles. The normalized spacial score (nSPS) is 15.3. The molecule has 0 unspecified atom stereocenters. The Morgan fingerprint density at radius 2 is 1.97 bits per heavy atom. The monoisotopic (exact) mass is 391 g/mol. The predicted octanol–water partition coefficient (Wildman–Crippen LogP) is 3.42. The fourth-order valence-electron chi connectivity index (χ4n) is 3.45. The third kappa shape index (κ3) is 4.11. The lowest BCUT2D eigenvalue weighted by atomic mass is 10.1. The molecule has 1 saturated heterocycles. The summed E-state index contributed by atoms with van der Waals surface area (Å²) in [6.45, 7) is 1.82. The Bertz CT molecular complexity index is 1040. The number of carbonyl (C=O) groups excluding carboxylic acids is 1. The lowest BCUT2D eigenvalue weighted by molar-refractivity contribution is 0.0698. The zero-order valence-corrected chi connectivity index (χ0v) is 16.0. The Hall–Kier alpha value is -3.68. The number of anilines is 2. The number of carbonyl (C=O) groups is 2. The quantitative estimate of drug-likeness (QED) is 0.617. The molecule has 2 aliphatic rings. The Kier molecular flexibility index (Phi) is 4.99. The highest BCUT2D eigenvalue weighted by molar-refractivity contribution is 6.06. The van der Waals surface area contributed by atoms with Gasteiger partial charge in [0, 0.05) is 17.1 Å². The topological polar surface area (TPSA) is 116 Å². The van der Waals surface area contributed by atoms with Gasteiger partial charge in [0.2, 0.25) is 0 Å². The molecule has 4 N–H and O–H groups in total. The summed E-state index contributed by atoms with van der Waals surface area (Å²) in [6, 6.07) is 8.01. The molecule has 3 heterocycles. The van der Waals surface area contributed by atoms with E-state index in [4.69, 9.17) is 0 Å². The van der Waals surface area contributed by atoms with Crippen LogP contribution in [-0.4, -0.2) is 27.2 Å². The summed E-state index contributed by atoms with van der Waals surface area (Å²) in [4.78, 5) is 23.9. The van der Waals surface area contributed by atoms with E-state index in [0.717, 1.165) is 36.9 Å². The average Bonchev–Trinajstić information content (AvgIpc) is 3.07. The molecule has 2 aromatic rings. The van der Waals surface area contributed by atoms with Crippen molar-refractivity contribution >= 4 is 23.4 Å². The molecular weight excluding hydrogens is 370 g/mol. The first kappa shape index (κ1) is 18.7. The molecule has 1 aromatic heterocycles. The van der Waals surface area contributed by atoms with Crippen LogP contribution in [0.1, 0.15) is 52.1 Å². The summed E-state index contributed by atoms with van der Waals surface area (Å²) in [5.41, 5.74) is 4.74. The first-order valence-corrected chi connectivity index (χ1v) is 9.44. The number of amides is 1. The first-order valence-electron chi connectivity index (χ1n) is 9.44. The maximum Gasteiger partial charge on any atom is 0.337 e. The van der Waals surface area contributed by atoms with Gasteiger partial charge in [-0.25, -0.2) is 4.79 Å². The number of rotatable bonds is 5. The second kappa shape index (κ2) is 7.75. The van der Waals surface area contributed by atoms with Crippen LogP contribution in [0.2, 0.25) is 0 Å². The fraction of sp³-hybridized carbons (Fsp3) is 0.238. The van der Waals surface area contributed by atoms with Crippen LogP contribution in [0.15, 0.2) is 53.5 Å². The number of nitrogens with zero attached hydrogens (tertiary/aromatic N) is 2. The van der Waals surface area contributed by atoms with Crippen LogP contribution < -0.4 is 16.0 Å². The molecule has 2 bridgehead atoms. The number of aromatic carboxylic acids is 1. The van der Waals surface area contributed by atoms with Gasteiger partial charge < -0.3 is 21.1 Å². The van der Waals surface area contributed by atoms with Gasteiger partial charge in [0.1, 0.15) is 0 Å². The molecule has 1 amide bonds. The van der Waals surface area contributed by atoms with Crippen molar-refractivity contribution in [2.24, 2.45) is 0 Å². The molecule has 148 valence electrons. The number of aromatic nitrogens is 2. The van der Waals surface area contributed by atoms with Crippen molar-refractivity contribution in [1.29, 1.82) is 0 Å². The summed E-state index contributed by atoms with van der Waals surface area (Å²) in [5, 5.41) is 26.7. The van der Waals surface area contributed by atoms with E-state index in [1.165, 1.54) is 17.5 Å². The van der Waals surface area contributed by atoms with Gasteiger partial charge in [-0.3, -0.25) is 4.79 Å². The number of carboxylic acid groups (broad SMARTS) is 1. The van der Waals surface area contributed by atoms with Gasteiger partial charge in [-0.2, -0.15) is 0 Å². The summed E-state index contributed by atoms with van der Waals surface area (Å²) in [6.07, 6.45) is 6.08. The number of hydrogen-bond acceptors (Lipinski definition) is 6. The number of aryl methyl sites for hydroxylation is 1. The SMILES string of the molecule is Cc1ccc(C(=O)O)c(NC(=O)c2ccc(NC3=C4CCC(=CCC3)N4)nn2)c1. The van der Waals surface area contributed by atoms with Crippen LogP contribution in [-0.2, 0) is 0 Å². The highest BCUT2D eigenvalue weighted by atomic mass is 16.4. The second-order valence-corrected chi connectivity index (χ2v) is 7.09. The van der Waals surface area contributed by atoms with E-state index in [1.807, 2.05) is 6.92 Å². The first-order chi connectivity index (χ1) is 14.0. The van der Waals surface area contributed by atoms with Crippen LogP contribution in [0, 0.1) is 6.92 Å². The number of carboxylic acids is 1. The van der Waals surface area contributed by atoms with Crippen molar-refractivity contribution in [1.82, 2.24) is 15.5 Å². The van der Waals surface area contributed by atoms with E-state index in [1.54, 1.807) is 24.3 Å². The van der Waals surface area contributed by atoms with Gasteiger partial charge in [0.25, 0.3) is 5.91 Å². The molecule has 8 nitrogen and oxygen atoms in total. The zero-order chi connectivity index (χ0) is 20.4. The van der Waals surface area contributed by atoms with Crippen molar-refractivity contribution in [2.75, 3.05) is 10.6 Å². The van der Waals surface area contributed by atoms with Crippen molar-refractivity contribution in [3.63, 3.8) is 0 Å². The van der Waals surface area contributed by atoms with Crippen molar-refractivity contribution in [3.05, 3.63) is 70.3 Å². The highest BCUT2D eigenvalue weighted by Gasteiger charge is 2.19. The van der Waals surface area contributed by atoms with E-state index >= 15 is 0 Å². The van der Waals surface area contributed by atoms with Crippen LogP contribution in [0.3, 0.4) is 0 Å². The van der Waals surface area contributed by atoms with Gasteiger partial charge in [-0.05, 0) is 62.4 Å². The molecule has 4 rings (SSSR count). The van der Waals surface area contributed by atoms with Crippen LogP contribution in [0.4, 0.5) is 11.5 Å². The molecule has 0 atom stereocenters. The third-order valence-electron chi connectivity index (χ3n) is 4.93. The number of hydrogen-bond donors (Lipinski definition) is 4. The number of benzene rings is 1. The molecule has 0 aliphatic carbocycles. The smallest absolute Gasteiger partial charge is 0.337 e. The largest absolute Gasteiger partial charge is 0.478 e. The maximum absolute atomic E-state index is 12.5. The van der Waals surface area contributed by atoms with Gasteiger partial charge >= 0.3 is 5.97 Å². The second-order valence-electron chi connectivity index (χ2n) is 7.09. The van der Waals surface area contributed by atoms with Crippen LogP contribution >= 0.6 is 0 Å². The van der Waals surface area contributed by atoms with Crippen molar-refractivity contribution in [3.8, 4) is 0 Å². The lowest BCUT2D eigenvalue weighted by Gasteiger charge is -2.12. The standard InChI is InChI=1S/C21H21N5O3/c1-12-5-7-14(21(28)29)18(11-12)24-20(27)17-9-10-19(26-25-17)23-15-4-2-3-13-6-8-16(15)22-13/h3,5,7,9-11,22H,2,4,6,8H2,1H3,(H,23,26)(H,24,27)(H,28,29). The Morgan fingerprint density at radius 1 is 1.10 bits per heavy atom. The van der Waals surface area contributed by atoms with Crippen LogP contribution in [0.5, 0.6) is 0 Å². The molecular formula is C21H21N5O3. The summed E-state index contributed by atoms with van der Waals surface area (Å²) in [7, 11) is 0. The Balaban J connectivity index is 1.47. The lowest BCUT2D eigenvalue weighted by Crippen LogP contribution is -2.17. The molecule has 0 saturated carbocycles.